The van der Waals surface area contributed by atoms with E-state index in [1.807, 2.05) is 32.9 Å². The van der Waals surface area contributed by atoms with Crippen LogP contribution in [0.25, 0.3) is 10.8 Å². The van der Waals surface area contributed by atoms with Gasteiger partial charge in [-0.25, -0.2) is 22.0 Å². The molecule has 2 saturated carbocycles. The van der Waals surface area contributed by atoms with Gasteiger partial charge in [-0.2, -0.15) is 4.98 Å². The van der Waals surface area contributed by atoms with E-state index in [1.54, 1.807) is 38.1 Å². The molecule has 2 aliphatic carbocycles. The van der Waals surface area contributed by atoms with Crippen molar-refractivity contribution in [2.45, 2.75) is 146 Å². The quantitative estimate of drug-likeness (QED) is 0.232. The first-order chi connectivity index (χ1) is 28.4. The normalized spacial score (nSPS) is 28.1. The topological polar surface area (TPSA) is 192 Å². The van der Waals surface area contributed by atoms with E-state index in [0.717, 1.165) is 13.8 Å². The first kappa shape index (κ1) is 45.8. The van der Waals surface area contributed by atoms with E-state index in [-0.39, 0.29) is 43.2 Å². The molecule has 1 saturated heterocycles. The Bertz CT molecular complexity index is 2170. The molecular weight excluding hydrogens is 817 g/mol. The summed E-state index contributed by atoms with van der Waals surface area (Å²) in [4.78, 5) is 62.9. The van der Waals surface area contributed by atoms with Gasteiger partial charge in [-0.15, -0.1) is 0 Å². The van der Waals surface area contributed by atoms with Crippen LogP contribution >= 0.6 is 0 Å². The molecule has 3 heterocycles. The number of pyridine rings is 1. The monoisotopic (exact) mass is 875 g/mol. The average molecular weight is 876 g/mol. The number of ether oxygens (including phenoxy) is 4. The van der Waals surface area contributed by atoms with Gasteiger partial charge in [0.05, 0.1) is 24.5 Å². The van der Waals surface area contributed by atoms with Crippen LogP contribution < -0.4 is 29.6 Å². The van der Waals surface area contributed by atoms with Crippen molar-refractivity contribution in [3.63, 3.8) is 0 Å². The number of allylic oxidation sites excluding steroid dienone is 1. The van der Waals surface area contributed by atoms with Crippen molar-refractivity contribution in [1.29, 1.82) is 0 Å². The van der Waals surface area contributed by atoms with E-state index in [0.29, 0.717) is 55.5 Å². The minimum atomic E-state index is -4.07. The van der Waals surface area contributed by atoms with Crippen molar-refractivity contribution >= 4 is 44.6 Å². The highest BCUT2D eigenvalue weighted by Crippen LogP contribution is 2.48. The van der Waals surface area contributed by atoms with E-state index >= 15 is 0 Å². The molecule has 2 aromatic rings. The van der Waals surface area contributed by atoms with Crippen molar-refractivity contribution < 1.29 is 55.3 Å². The molecule has 15 nitrogen and oxygen atoms in total. The maximum Gasteiger partial charge on any atom is 0.408 e. The lowest BCUT2D eigenvalue weighted by atomic mass is 9.88. The highest BCUT2D eigenvalue weighted by atomic mass is 32.2. The molecule has 0 spiro atoms. The third-order valence-electron chi connectivity index (χ3n) is 12.5. The van der Waals surface area contributed by atoms with Gasteiger partial charge in [0.1, 0.15) is 29.5 Å². The first-order valence-corrected chi connectivity index (χ1v) is 22.4. The van der Waals surface area contributed by atoms with Crippen LogP contribution in [0.1, 0.15) is 100 Å². The summed E-state index contributed by atoms with van der Waals surface area (Å²) in [5, 5.41) is 6.67. The van der Waals surface area contributed by atoms with Crippen LogP contribution in [0, 0.1) is 17.8 Å². The number of halogens is 2. The zero-order valence-electron chi connectivity index (χ0n) is 36.3. The Hall–Kier alpha value is -4.74. The van der Waals surface area contributed by atoms with Crippen LogP contribution in [0.3, 0.4) is 0 Å². The molecule has 3 N–H and O–H groups in total. The summed E-state index contributed by atoms with van der Waals surface area (Å²) < 4.78 is 79.7. The predicted octanol–water partition coefficient (Wildman–Crippen LogP) is 5.79. The summed E-state index contributed by atoms with van der Waals surface area (Å²) in [6.07, 6.45) is 3.81. The SMILES string of the molecule is COc1ccc2c(O[C@@H]3C[C@H]4C(=O)N[C@]5(C(=O)NS(=O)(=O)C6(C)CC6)C[C@H]5C=CCC[C@@H](C)C[C@@H](C)[C@H](NC(=O)OC(C)(C)C(C)(F)F)C(=O)N4C3)nc(OC(C)C)cc2c1. The minimum absolute atomic E-state index is 0.00882. The second-order valence-electron chi connectivity index (χ2n) is 18.4. The van der Waals surface area contributed by atoms with E-state index in [1.165, 1.54) is 12.0 Å². The highest BCUT2D eigenvalue weighted by Gasteiger charge is 2.63. The number of sulfonamides is 1. The number of carbonyl (C=O) groups excluding carboxylic acids is 4. The molecule has 18 heteroatoms. The van der Waals surface area contributed by atoms with Gasteiger partial charge in [0, 0.05) is 30.7 Å². The molecule has 6 rings (SSSR count). The smallest absolute Gasteiger partial charge is 0.408 e. The standard InChI is InChI=1S/C43H59F2N5O10S/c1-24(2)58-33-20-27-19-29(57-9)14-15-31(27)36(46-33)59-30-21-32-35(51)48-43(38(53)49-61(55,56)41(7)16-17-41)22-28(43)13-11-10-12-25(3)18-26(4)34(37(52)50(32)23-30)47-39(54)60-40(5,6)42(8,44)45/h11,13-15,19-20,24-26,28,30,32,34H,10,12,16-18,21-23H2,1-9H3,(H,47,54)(H,48,51)(H,49,53)/t25-,26-,28-,30-,32+,34+,43-/m1/s1. The number of rotatable bonds is 11. The van der Waals surface area contributed by atoms with Gasteiger partial charge in [0.2, 0.25) is 33.6 Å². The number of carbonyl (C=O) groups is 4. The molecule has 4 aliphatic rings. The number of hydrogen-bond acceptors (Lipinski definition) is 11. The van der Waals surface area contributed by atoms with Crippen LogP contribution in [0.5, 0.6) is 17.5 Å². The maximum atomic E-state index is 14.9. The zero-order chi connectivity index (χ0) is 44.9. The van der Waals surface area contributed by atoms with Gasteiger partial charge in [0.25, 0.3) is 11.8 Å². The molecule has 0 unspecified atom stereocenters. The molecule has 1 aromatic heterocycles. The Balaban J connectivity index is 1.38. The molecule has 7 atom stereocenters. The number of amides is 4. The van der Waals surface area contributed by atoms with Gasteiger partial charge in [-0.1, -0.05) is 26.0 Å². The van der Waals surface area contributed by atoms with Crippen LogP contribution in [0.15, 0.2) is 36.4 Å². The fraction of sp³-hybridized carbons (Fsp3) is 0.651. The van der Waals surface area contributed by atoms with Crippen molar-refractivity contribution in [3.05, 3.63) is 36.4 Å². The van der Waals surface area contributed by atoms with E-state index in [4.69, 9.17) is 18.9 Å². The summed E-state index contributed by atoms with van der Waals surface area (Å²) in [6, 6.07) is 4.39. The lowest BCUT2D eigenvalue weighted by Crippen LogP contribution is -2.59. The number of methoxy groups -OCH3 is 1. The van der Waals surface area contributed by atoms with E-state index < -0.39 is 85.7 Å². The maximum absolute atomic E-state index is 14.9. The fourth-order valence-electron chi connectivity index (χ4n) is 7.93. The summed E-state index contributed by atoms with van der Waals surface area (Å²) in [6.45, 7) is 11.5. The number of fused-ring (bicyclic) bond motifs is 3. The first-order valence-electron chi connectivity index (χ1n) is 20.9. The Morgan fingerprint density at radius 2 is 1.79 bits per heavy atom. The molecule has 0 bridgehead atoms. The minimum Gasteiger partial charge on any atom is -0.497 e. The predicted molar refractivity (Wildman–Crippen MR) is 222 cm³/mol. The third-order valence-corrected chi connectivity index (χ3v) is 14.7. The molecule has 1 aromatic carbocycles. The van der Waals surface area contributed by atoms with Gasteiger partial charge < -0.3 is 34.5 Å². The van der Waals surface area contributed by atoms with Gasteiger partial charge >= 0.3 is 6.09 Å². The Kier molecular flexibility index (Phi) is 12.6. The number of nitrogens with zero attached hydrogens (tertiary/aromatic N) is 2. The lowest BCUT2D eigenvalue weighted by molar-refractivity contribution is -0.152. The number of nitrogens with one attached hydrogen (secondary N) is 3. The Morgan fingerprint density at radius 1 is 1.08 bits per heavy atom. The summed E-state index contributed by atoms with van der Waals surface area (Å²) in [5.74, 6) is -5.85. The zero-order valence-corrected chi connectivity index (χ0v) is 37.1. The summed E-state index contributed by atoms with van der Waals surface area (Å²) in [5.41, 5.74) is -3.86. The average Bonchev–Trinajstić information content (AvgIpc) is 4.04. The van der Waals surface area contributed by atoms with Crippen LogP contribution in [0.4, 0.5) is 13.6 Å². The summed E-state index contributed by atoms with van der Waals surface area (Å²) in [7, 11) is -2.53. The van der Waals surface area contributed by atoms with Gasteiger partial charge in [-0.3, -0.25) is 19.1 Å². The largest absolute Gasteiger partial charge is 0.497 e. The van der Waals surface area contributed by atoms with Crippen LogP contribution in [0.2, 0.25) is 0 Å². The summed E-state index contributed by atoms with van der Waals surface area (Å²) >= 11 is 0. The van der Waals surface area contributed by atoms with Crippen molar-refractivity contribution in [1.82, 2.24) is 25.2 Å². The highest BCUT2D eigenvalue weighted by molar-refractivity contribution is 7.91. The fourth-order valence-corrected chi connectivity index (χ4v) is 9.24. The second kappa shape index (κ2) is 16.9. The molecule has 336 valence electrons. The Morgan fingerprint density at radius 3 is 2.43 bits per heavy atom. The van der Waals surface area contributed by atoms with Gasteiger partial charge in [0.15, 0.2) is 5.60 Å². The molecule has 61 heavy (non-hydrogen) atoms. The molecule has 4 amide bonds. The number of alkyl halides is 2. The van der Waals surface area contributed by atoms with Gasteiger partial charge in [-0.05, 0) is 109 Å². The second-order valence-corrected chi connectivity index (χ2v) is 20.6. The lowest BCUT2D eigenvalue weighted by Gasteiger charge is -2.35. The molecular formula is C43H59F2N5O10S. The van der Waals surface area contributed by atoms with E-state index in [9.17, 15) is 36.4 Å². The van der Waals surface area contributed by atoms with E-state index in [2.05, 4.69) is 20.3 Å². The molecule has 2 aliphatic heterocycles. The molecule has 3 fully saturated rings. The number of aromatic nitrogens is 1. The van der Waals surface area contributed by atoms with Crippen LogP contribution in [-0.4, -0.2) is 102 Å². The van der Waals surface area contributed by atoms with Crippen molar-refractivity contribution in [2.75, 3.05) is 13.7 Å². The third kappa shape index (κ3) is 9.83. The Labute approximate surface area is 356 Å². The number of benzene rings is 1. The number of alkyl carbamates (subject to hydrolysis) is 1. The van der Waals surface area contributed by atoms with Crippen molar-refractivity contribution in [3.8, 4) is 17.5 Å². The molecule has 0 radical (unpaired) electrons. The van der Waals surface area contributed by atoms with Crippen molar-refractivity contribution in [2.24, 2.45) is 17.8 Å². The number of hydrogen-bond donors (Lipinski definition) is 3. The van der Waals surface area contributed by atoms with Crippen LogP contribution in [-0.2, 0) is 29.1 Å².